The van der Waals surface area contributed by atoms with Crippen LogP contribution in [0, 0.1) is 0 Å². The molecule has 0 spiro atoms. The molecule has 0 radical (unpaired) electrons. The molecule has 156 valence electrons. The number of hydrogen-bond acceptors (Lipinski definition) is 6. The number of methoxy groups -OCH3 is 2. The van der Waals surface area contributed by atoms with E-state index in [1.54, 1.807) is 32.6 Å². The fourth-order valence-electron chi connectivity index (χ4n) is 3.39. The van der Waals surface area contributed by atoms with Crippen LogP contribution < -0.4 is 20.3 Å². The molecule has 0 bridgehead atoms. The molecule has 0 saturated carbocycles. The van der Waals surface area contributed by atoms with Gasteiger partial charge in [0.05, 0.1) is 32.3 Å². The Bertz CT molecular complexity index is 1240. The summed E-state index contributed by atoms with van der Waals surface area (Å²) in [5, 5.41) is 3.56. The Morgan fingerprint density at radius 2 is 2.07 bits per heavy atom. The van der Waals surface area contributed by atoms with Gasteiger partial charge >= 0.3 is 0 Å². The summed E-state index contributed by atoms with van der Waals surface area (Å²) in [6.45, 7) is 0.389. The van der Waals surface area contributed by atoms with Crippen LogP contribution in [0.5, 0.6) is 11.5 Å². The molecule has 0 saturated heterocycles. The quantitative estimate of drug-likeness (QED) is 0.431. The van der Waals surface area contributed by atoms with E-state index in [1.807, 2.05) is 12.1 Å². The number of fused-ring (bicyclic) bond motifs is 3. The molecular weight excluding hydrogens is 388 g/mol. The normalized spacial score (nSPS) is 11.1. The molecule has 0 aliphatic carbocycles. The Hall–Kier alpha value is -3.75. The minimum atomic E-state index is -0.320. The van der Waals surface area contributed by atoms with Gasteiger partial charge in [-0.2, -0.15) is 0 Å². The lowest BCUT2D eigenvalue weighted by Gasteiger charge is -2.07. The lowest BCUT2D eigenvalue weighted by molar-refractivity contribution is -0.121. The second kappa shape index (κ2) is 8.32. The fraction of sp³-hybridized carbons (Fsp3) is 0.286. The van der Waals surface area contributed by atoms with Crippen LogP contribution in [0.2, 0.25) is 0 Å². The number of carbonyl (C=O) groups excluding carboxylic acids is 1. The van der Waals surface area contributed by atoms with Crippen molar-refractivity contribution in [1.82, 2.24) is 19.9 Å². The molecule has 30 heavy (non-hydrogen) atoms. The SMILES string of the molecule is COc1cc2[nH]c3c(=O)n(CC(=O)NCCCc4ccco4)cnc3c2cc1OC. The summed E-state index contributed by atoms with van der Waals surface area (Å²) in [6.07, 6.45) is 4.50. The minimum absolute atomic E-state index is 0.107. The third-order valence-electron chi connectivity index (χ3n) is 4.89. The number of aryl methyl sites for hydroxylation is 1. The fourth-order valence-corrected chi connectivity index (χ4v) is 3.39. The average molecular weight is 410 g/mol. The number of nitrogens with zero attached hydrogens (tertiary/aromatic N) is 2. The van der Waals surface area contributed by atoms with Crippen molar-refractivity contribution in [3.8, 4) is 11.5 Å². The van der Waals surface area contributed by atoms with Gasteiger partial charge in [-0.05, 0) is 24.6 Å². The maximum atomic E-state index is 12.9. The molecule has 0 aliphatic rings. The van der Waals surface area contributed by atoms with Gasteiger partial charge in [0.1, 0.15) is 23.3 Å². The van der Waals surface area contributed by atoms with Crippen LogP contribution in [-0.2, 0) is 17.8 Å². The number of hydrogen-bond donors (Lipinski definition) is 2. The Balaban J connectivity index is 1.50. The molecule has 4 aromatic rings. The van der Waals surface area contributed by atoms with Crippen LogP contribution in [0.25, 0.3) is 21.9 Å². The van der Waals surface area contributed by atoms with Crippen molar-refractivity contribution >= 4 is 27.8 Å². The largest absolute Gasteiger partial charge is 0.493 e. The van der Waals surface area contributed by atoms with Gasteiger partial charge in [0.2, 0.25) is 5.91 Å². The highest BCUT2D eigenvalue weighted by molar-refractivity contribution is 6.05. The van der Waals surface area contributed by atoms with Crippen LogP contribution in [0.4, 0.5) is 0 Å². The Morgan fingerprint density at radius 1 is 1.27 bits per heavy atom. The molecule has 0 fully saturated rings. The van der Waals surface area contributed by atoms with Crippen LogP contribution in [0.1, 0.15) is 12.2 Å². The van der Waals surface area contributed by atoms with Crippen molar-refractivity contribution in [3.63, 3.8) is 0 Å². The van der Waals surface area contributed by atoms with Gasteiger partial charge < -0.3 is 24.2 Å². The van der Waals surface area contributed by atoms with Gasteiger partial charge in [0.25, 0.3) is 5.56 Å². The van der Waals surface area contributed by atoms with Crippen LogP contribution in [0.15, 0.2) is 46.1 Å². The number of nitrogens with one attached hydrogen (secondary N) is 2. The molecule has 2 N–H and O–H groups in total. The molecule has 9 nitrogen and oxygen atoms in total. The predicted octanol–water partition coefficient (Wildman–Crippen LogP) is 2.24. The van der Waals surface area contributed by atoms with E-state index in [9.17, 15) is 9.59 Å². The molecule has 0 aliphatic heterocycles. The number of rotatable bonds is 8. The van der Waals surface area contributed by atoms with E-state index < -0.39 is 0 Å². The number of ether oxygens (including phenoxy) is 2. The second-order valence-corrected chi connectivity index (χ2v) is 6.81. The number of H-pyrrole nitrogens is 1. The molecular formula is C21H22N4O5. The summed E-state index contributed by atoms with van der Waals surface area (Å²) >= 11 is 0. The van der Waals surface area contributed by atoms with E-state index in [1.165, 1.54) is 10.9 Å². The van der Waals surface area contributed by atoms with Crippen LogP contribution in [-0.4, -0.2) is 41.2 Å². The Morgan fingerprint density at radius 3 is 2.80 bits per heavy atom. The van der Waals surface area contributed by atoms with Crippen molar-refractivity contribution in [3.05, 3.63) is 53.0 Å². The zero-order valence-electron chi connectivity index (χ0n) is 16.7. The first kappa shape index (κ1) is 19.6. The third kappa shape index (κ3) is 3.73. The van der Waals surface area contributed by atoms with Crippen molar-refractivity contribution in [1.29, 1.82) is 0 Å². The molecule has 0 unspecified atom stereocenters. The van der Waals surface area contributed by atoms with Gasteiger partial charge in [0.15, 0.2) is 11.5 Å². The molecule has 3 heterocycles. The van der Waals surface area contributed by atoms with E-state index in [-0.39, 0.29) is 18.0 Å². The first-order valence-corrected chi connectivity index (χ1v) is 9.52. The number of amides is 1. The maximum absolute atomic E-state index is 12.9. The molecule has 1 amide bonds. The summed E-state index contributed by atoms with van der Waals surface area (Å²) in [4.78, 5) is 32.6. The maximum Gasteiger partial charge on any atom is 0.278 e. The highest BCUT2D eigenvalue weighted by Gasteiger charge is 2.15. The third-order valence-corrected chi connectivity index (χ3v) is 4.89. The van der Waals surface area contributed by atoms with E-state index in [0.29, 0.717) is 34.6 Å². The highest BCUT2D eigenvalue weighted by atomic mass is 16.5. The summed E-state index contributed by atoms with van der Waals surface area (Å²) in [5.74, 6) is 1.72. The van der Waals surface area contributed by atoms with Gasteiger partial charge in [-0.15, -0.1) is 0 Å². The lowest BCUT2D eigenvalue weighted by Crippen LogP contribution is -2.33. The summed E-state index contributed by atoms with van der Waals surface area (Å²) in [7, 11) is 3.09. The number of carbonyl (C=O) groups is 1. The number of aromatic amines is 1. The molecule has 0 atom stereocenters. The van der Waals surface area contributed by atoms with Crippen LogP contribution >= 0.6 is 0 Å². The lowest BCUT2D eigenvalue weighted by atomic mass is 10.2. The van der Waals surface area contributed by atoms with E-state index in [2.05, 4.69) is 15.3 Å². The summed E-state index contributed by atoms with van der Waals surface area (Å²) < 4.78 is 17.2. The minimum Gasteiger partial charge on any atom is -0.493 e. The van der Waals surface area contributed by atoms with Crippen molar-refractivity contribution in [2.75, 3.05) is 20.8 Å². The smallest absolute Gasteiger partial charge is 0.278 e. The monoisotopic (exact) mass is 410 g/mol. The highest BCUT2D eigenvalue weighted by Crippen LogP contribution is 2.34. The van der Waals surface area contributed by atoms with Crippen molar-refractivity contribution < 1.29 is 18.7 Å². The average Bonchev–Trinajstić information content (AvgIpc) is 3.40. The molecule has 1 aromatic carbocycles. The first-order valence-electron chi connectivity index (χ1n) is 9.52. The topological polar surface area (TPSA) is 111 Å². The number of aromatic nitrogens is 3. The number of furan rings is 1. The van der Waals surface area contributed by atoms with Gasteiger partial charge in [-0.1, -0.05) is 0 Å². The Kier molecular flexibility index (Phi) is 5.42. The van der Waals surface area contributed by atoms with Crippen molar-refractivity contribution in [2.24, 2.45) is 0 Å². The van der Waals surface area contributed by atoms with E-state index in [4.69, 9.17) is 13.9 Å². The first-order chi connectivity index (χ1) is 14.6. The molecule has 3 aromatic heterocycles. The second-order valence-electron chi connectivity index (χ2n) is 6.81. The zero-order valence-corrected chi connectivity index (χ0v) is 16.7. The van der Waals surface area contributed by atoms with Gasteiger partial charge in [-0.25, -0.2) is 4.98 Å². The molecule has 4 rings (SSSR count). The van der Waals surface area contributed by atoms with Gasteiger partial charge in [0, 0.05) is 24.4 Å². The van der Waals surface area contributed by atoms with E-state index >= 15 is 0 Å². The van der Waals surface area contributed by atoms with E-state index in [0.717, 1.165) is 24.0 Å². The number of benzene rings is 1. The van der Waals surface area contributed by atoms with Gasteiger partial charge in [-0.3, -0.25) is 14.2 Å². The zero-order chi connectivity index (χ0) is 21.1. The van der Waals surface area contributed by atoms with Crippen LogP contribution in [0.3, 0.4) is 0 Å². The standard InChI is InChI=1S/C21H22N4O5/c1-28-16-9-14-15(10-17(16)29-2)24-20-19(14)23-12-25(21(20)27)11-18(26)22-7-3-5-13-6-4-8-30-13/h4,6,8-10,12,24H,3,5,7,11H2,1-2H3,(H,22,26). The molecule has 9 heteroatoms. The summed E-state index contributed by atoms with van der Waals surface area (Å²) in [6, 6.07) is 7.26. The Labute approximate surface area is 171 Å². The summed E-state index contributed by atoms with van der Waals surface area (Å²) in [5.41, 5.74) is 1.23. The van der Waals surface area contributed by atoms with Crippen molar-refractivity contribution in [2.45, 2.75) is 19.4 Å². The predicted molar refractivity (Wildman–Crippen MR) is 111 cm³/mol.